The molecule has 1 amide bonds. The molecule has 1 unspecified atom stereocenters. The van der Waals surface area contributed by atoms with Crippen molar-refractivity contribution in [2.24, 2.45) is 0 Å². The van der Waals surface area contributed by atoms with Crippen molar-refractivity contribution in [2.45, 2.75) is 30.7 Å². The first-order chi connectivity index (χ1) is 17.7. The number of amides is 1. The van der Waals surface area contributed by atoms with Gasteiger partial charge in [0.2, 0.25) is 5.95 Å². The normalized spacial score (nSPS) is 18.1. The Morgan fingerprint density at radius 2 is 1.68 bits per heavy atom. The molecule has 1 N–H and O–H groups in total. The summed E-state index contributed by atoms with van der Waals surface area (Å²) in [4.78, 5) is 24.5. The topological polar surface area (TPSA) is 71.0 Å². The van der Waals surface area contributed by atoms with Gasteiger partial charge in [-0.2, -0.15) is 26.3 Å². The fourth-order valence-corrected chi connectivity index (χ4v) is 4.79. The van der Waals surface area contributed by atoms with E-state index in [0.29, 0.717) is 0 Å². The second kappa shape index (κ2) is 10.4. The van der Waals surface area contributed by atoms with Crippen molar-refractivity contribution in [3.05, 3.63) is 80.3 Å². The Bertz CT molecular complexity index is 1330. The van der Waals surface area contributed by atoms with Gasteiger partial charge < -0.3 is 10.2 Å². The molecule has 3 heterocycles. The second-order valence-electron chi connectivity index (χ2n) is 8.50. The quantitative estimate of drug-likeness (QED) is 0.269. The van der Waals surface area contributed by atoms with Crippen LogP contribution in [0.2, 0.25) is 15.2 Å². The third-order valence-electron chi connectivity index (χ3n) is 6.06. The van der Waals surface area contributed by atoms with E-state index >= 15 is 0 Å². The highest BCUT2D eigenvalue weighted by Crippen LogP contribution is 2.49. The van der Waals surface area contributed by atoms with Crippen LogP contribution in [-0.4, -0.2) is 40.1 Å². The lowest BCUT2D eigenvalue weighted by atomic mass is 9.79. The predicted molar refractivity (Wildman–Crippen MR) is 128 cm³/mol. The minimum Gasteiger partial charge on any atom is -0.348 e. The highest BCUT2D eigenvalue weighted by Gasteiger charge is 2.59. The zero-order chi connectivity index (χ0) is 27.9. The molecule has 0 radical (unpaired) electrons. The number of aromatic nitrogens is 3. The van der Waals surface area contributed by atoms with Gasteiger partial charge in [-0.05, 0) is 42.3 Å². The molecule has 0 aliphatic carbocycles. The number of nitrogens with zero attached hydrogens (tertiary/aromatic N) is 4. The molecule has 0 bridgehead atoms. The van der Waals surface area contributed by atoms with Crippen LogP contribution < -0.4 is 10.2 Å². The number of carbonyl (C=O) groups is 1. The first-order valence-electron chi connectivity index (χ1n) is 10.8. The summed E-state index contributed by atoms with van der Waals surface area (Å²) in [6.07, 6.45) is -8.25. The van der Waals surface area contributed by atoms with E-state index in [1.807, 2.05) is 0 Å². The van der Waals surface area contributed by atoms with E-state index in [1.54, 1.807) is 0 Å². The van der Waals surface area contributed by atoms with Crippen molar-refractivity contribution >= 4 is 46.7 Å². The summed E-state index contributed by atoms with van der Waals surface area (Å²) < 4.78 is 84.6. The number of carbonyl (C=O) groups excluding carboxylic acids is 1. The lowest BCUT2D eigenvalue weighted by Crippen LogP contribution is -2.45. The Morgan fingerprint density at radius 1 is 1.00 bits per heavy atom. The van der Waals surface area contributed by atoms with E-state index in [4.69, 9.17) is 34.8 Å². The molecule has 1 aliphatic heterocycles. The van der Waals surface area contributed by atoms with Gasteiger partial charge in [0, 0.05) is 47.6 Å². The van der Waals surface area contributed by atoms with Crippen molar-refractivity contribution in [3.8, 4) is 0 Å². The van der Waals surface area contributed by atoms with Crippen molar-refractivity contribution in [1.82, 2.24) is 20.3 Å². The average Bonchev–Trinajstić information content (AvgIpc) is 3.29. The van der Waals surface area contributed by atoms with E-state index in [-0.39, 0.29) is 32.9 Å². The van der Waals surface area contributed by atoms with Gasteiger partial charge in [-0.25, -0.2) is 15.0 Å². The fraction of sp³-hybridized carbons (Fsp3) is 0.304. The molecular formula is C23H16Cl3F6N5O. The van der Waals surface area contributed by atoms with Crippen LogP contribution in [0.4, 0.5) is 32.3 Å². The van der Waals surface area contributed by atoms with Gasteiger partial charge in [-0.15, -0.1) is 0 Å². The third-order valence-corrected chi connectivity index (χ3v) is 6.72. The highest BCUT2D eigenvalue weighted by molar-refractivity contribution is 6.34. The van der Waals surface area contributed by atoms with Crippen LogP contribution in [0.5, 0.6) is 0 Å². The average molecular weight is 599 g/mol. The van der Waals surface area contributed by atoms with E-state index in [0.717, 1.165) is 29.4 Å². The summed E-state index contributed by atoms with van der Waals surface area (Å²) >= 11 is 17.5. The van der Waals surface area contributed by atoms with Crippen LogP contribution in [-0.2, 0) is 18.1 Å². The van der Waals surface area contributed by atoms with Gasteiger partial charge in [0.25, 0.3) is 5.91 Å². The van der Waals surface area contributed by atoms with Gasteiger partial charge in [0.15, 0.2) is 5.69 Å². The van der Waals surface area contributed by atoms with Crippen molar-refractivity contribution in [1.29, 1.82) is 0 Å². The van der Waals surface area contributed by atoms with Gasteiger partial charge in [0.1, 0.15) is 10.6 Å². The molecule has 2 aromatic heterocycles. The summed E-state index contributed by atoms with van der Waals surface area (Å²) in [6.45, 7) is -1.62. The maximum Gasteiger partial charge on any atom is 0.433 e. The van der Waals surface area contributed by atoms with Crippen LogP contribution in [0.3, 0.4) is 0 Å². The Kier molecular flexibility index (Phi) is 7.70. The zero-order valence-electron chi connectivity index (χ0n) is 19.0. The molecule has 1 aromatic carbocycles. The minimum atomic E-state index is -4.97. The number of rotatable bonds is 5. The third kappa shape index (κ3) is 5.76. The molecule has 3 aromatic rings. The smallest absolute Gasteiger partial charge is 0.348 e. The molecule has 6 nitrogen and oxygen atoms in total. The Labute approximate surface area is 226 Å². The number of alkyl halides is 6. The molecule has 1 saturated heterocycles. The zero-order valence-corrected chi connectivity index (χ0v) is 21.2. The summed E-state index contributed by atoms with van der Waals surface area (Å²) in [5, 5.41) is 2.42. The van der Waals surface area contributed by atoms with E-state index in [2.05, 4.69) is 20.3 Å². The molecular weight excluding hydrogens is 583 g/mol. The monoisotopic (exact) mass is 597 g/mol. The molecule has 15 heteroatoms. The fourth-order valence-electron chi connectivity index (χ4n) is 4.15. The molecule has 0 spiro atoms. The number of nitrogens with one attached hydrogen (secondary N) is 1. The van der Waals surface area contributed by atoms with Crippen LogP contribution in [0.15, 0.2) is 42.7 Å². The molecule has 38 heavy (non-hydrogen) atoms. The summed E-state index contributed by atoms with van der Waals surface area (Å²) in [6, 6.07) is 6.22. The SMILES string of the molecule is O=C(NCc1cnc(N2CCC(c3cc(Cl)cc(Cl)c3)(C(F)(F)F)C2)nc1C(F)(F)F)c1ccc(Cl)nc1. The minimum absolute atomic E-state index is 0.00837. The van der Waals surface area contributed by atoms with Crippen molar-refractivity contribution < 1.29 is 31.1 Å². The van der Waals surface area contributed by atoms with Crippen LogP contribution in [0.25, 0.3) is 0 Å². The van der Waals surface area contributed by atoms with Gasteiger partial charge in [0.05, 0.1) is 5.56 Å². The second-order valence-corrected chi connectivity index (χ2v) is 9.76. The lowest BCUT2D eigenvalue weighted by Gasteiger charge is -2.32. The number of pyridine rings is 1. The molecule has 0 saturated carbocycles. The molecule has 1 aliphatic rings. The van der Waals surface area contributed by atoms with Gasteiger partial charge in [-0.3, -0.25) is 4.79 Å². The number of hydrogen-bond donors (Lipinski definition) is 1. The summed E-state index contributed by atoms with van der Waals surface area (Å²) in [7, 11) is 0. The van der Waals surface area contributed by atoms with Gasteiger partial charge in [-0.1, -0.05) is 34.8 Å². The predicted octanol–water partition coefficient (Wildman–Crippen LogP) is 6.49. The number of hydrogen-bond acceptors (Lipinski definition) is 5. The van der Waals surface area contributed by atoms with E-state index in [9.17, 15) is 31.1 Å². The van der Waals surface area contributed by atoms with E-state index in [1.165, 1.54) is 18.2 Å². The van der Waals surface area contributed by atoms with Crippen LogP contribution >= 0.6 is 34.8 Å². The first kappa shape index (κ1) is 28.2. The van der Waals surface area contributed by atoms with Crippen molar-refractivity contribution in [2.75, 3.05) is 18.0 Å². The molecule has 4 rings (SSSR count). The first-order valence-corrected chi connectivity index (χ1v) is 11.9. The Morgan fingerprint density at radius 3 is 2.26 bits per heavy atom. The van der Waals surface area contributed by atoms with Gasteiger partial charge >= 0.3 is 12.4 Å². The molecule has 1 atom stereocenters. The van der Waals surface area contributed by atoms with Crippen LogP contribution in [0, 0.1) is 0 Å². The van der Waals surface area contributed by atoms with Crippen LogP contribution in [0.1, 0.15) is 33.6 Å². The number of benzene rings is 1. The largest absolute Gasteiger partial charge is 0.433 e. The maximum absolute atomic E-state index is 14.3. The Hall–Kier alpha value is -2.83. The molecule has 1 fully saturated rings. The summed E-state index contributed by atoms with van der Waals surface area (Å²) in [5.74, 6) is -1.25. The number of halogens is 9. The summed E-state index contributed by atoms with van der Waals surface area (Å²) in [5.41, 5.74) is -4.46. The highest BCUT2D eigenvalue weighted by atomic mass is 35.5. The lowest BCUT2D eigenvalue weighted by molar-refractivity contribution is -0.184. The molecule has 202 valence electrons. The van der Waals surface area contributed by atoms with E-state index < -0.39 is 60.4 Å². The Balaban J connectivity index is 1.61. The number of anilines is 1. The maximum atomic E-state index is 14.3. The van der Waals surface area contributed by atoms with Crippen molar-refractivity contribution in [3.63, 3.8) is 0 Å². The standard InChI is InChI=1S/C23H16Cl3F6N5O/c24-15-5-14(6-16(25)7-15)21(23(30,31)32)3-4-37(11-21)20-35-10-13(18(36-20)22(27,28)29)9-34-19(38)12-1-2-17(26)33-8-12/h1-2,5-8,10H,3-4,9,11H2,(H,34,38).